The molecule has 0 spiro atoms. The molecule has 142 valence electrons. The largest absolute Gasteiger partial charge is 0.277 e. The predicted molar refractivity (Wildman–Crippen MR) is 102 cm³/mol. The van der Waals surface area contributed by atoms with Gasteiger partial charge in [0.15, 0.2) is 5.82 Å². The van der Waals surface area contributed by atoms with Crippen LogP contribution < -0.4 is 4.72 Å². The van der Waals surface area contributed by atoms with E-state index in [4.69, 9.17) is 23.2 Å². The standard InChI is InChI=1S/C18H9Cl2F2N3O2S/c19-12-2-4-14(20)17(9-12)28(26,27)25-16-6-5-15(21)13(18(16)22)3-1-11-7-8-23-24-10-11/h2,4-10,25H. The maximum Gasteiger partial charge on any atom is 0.263 e. The third kappa shape index (κ3) is 4.39. The molecule has 0 aliphatic heterocycles. The number of sulfonamides is 1. The van der Waals surface area contributed by atoms with Crippen LogP contribution in [0.15, 0.2) is 53.7 Å². The van der Waals surface area contributed by atoms with E-state index >= 15 is 0 Å². The SMILES string of the molecule is O=S(=O)(Nc1ccc(F)c(C#Cc2ccnnc2)c1F)c1cc(Cl)ccc1Cl. The maximum atomic E-state index is 14.7. The van der Waals surface area contributed by atoms with Crippen LogP contribution in [0.25, 0.3) is 0 Å². The molecule has 3 rings (SSSR count). The van der Waals surface area contributed by atoms with Gasteiger partial charge in [0.1, 0.15) is 10.7 Å². The Balaban J connectivity index is 2.00. The van der Waals surface area contributed by atoms with Crippen LogP contribution >= 0.6 is 23.2 Å². The minimum atomic E-state index is -4.28. The number of aromatic nitrogens is 2. The van der Waals surface area contributed by atoms with Crippen LogP contribution in [-0.2, 0) is 10.0 Å². The van der Waals surface area contributed by atoms with Crippen molar-refractivity contribution in [1.29, 1.82) is 0 Å². The molecule has 0 amide bonds. The van der Waals surface area contributed by atoms with Crippen LogP contribution in [0.5, 0.6) is 0 Å². The number of hydrogen-bond acceptors (Lipinski definition) is 4. The van der Waals surface area contributed by atoms with Gasteiger partial charge in [0.05, 0.1) is 28.7 Å². The van der Waals surface area contributed by atoms with Crippen molar-refractivity contribution >= 4 is 38.9 Å². The second-order valence-electron chi connectivity index (χ2n) is 5.35. The fourth-order valence-electron chi connectivity index (χ4n) is 2.13. The summed E-state index contributed by atoms with van der Waals surface area (Å²) in [5, 5.41) is 7.19. The lowest BCUT2D eigenvalue weighted by Gasteiger charge is -2.11. The Morgan fingerprint density at radius 3 is 2.50 bits per heavy atom. The Labute approximate surface area is 169 Å². The summed E-state index contributed by atoms with van der Waals surface area (Å²) in [4.78, 5) is -0.346. The van der Waals surface area contributed by atoms with Crippen LogP contribution in [0, 0.1) is 23.5 Å². The summed E-state index contributed by atoms with van der Waals surface area (Å²) in [5.74, 6) is 2.75. The lowest BCUT2D eigenvalue weighted by molar-refractivity contribution is 0.578. The molecule has 1 N–H and O–H groups in total. The van der Waals surface area contributed by atoms with Gasteiger partial charge >= 0.3 is 0 Å². The Bertz CT molecular complexity index is 1210. The van der Waals surface area contributed by atoms with Gasteiger partial charge in [-0.3, -0.25) is 4.72 Å². The van der Waals surface area contributed by atoms with Crippen molar-refractivity contribution in [3.05, 3.63) is 81.6 Å². The molecule has 1 heterocycles. The Kier molecular flexibility index (Phi) is 5.79. The van der Waals surface area contributed by atoms with E-state index in [2.05, 4.69) is 22.0 Å². The van der Waals surface area contributed by atoms with Gasteiger partial charge in [0.25, 0.3) is 10.0 Å². The number of benzene rings is 2. The van der Waals surface area contributed by atoms with Crippen LogP contribution in [0.4, 0.5) is 14.5 Å². The van der Waals surface area contributed by atoms with Gasteiger partial charge in [-0.25, -0.2) is 17.2 Å². The molecule has 5 nitrogen and oxygen atoms in total. The van der Waals surface area contributed by atoms with Gasteiger partial charge in [-0.2, -0.15) is 10.2 Å². The quantitative estimate of drug-likeness (QED) is 0.618. The molecule has 1 aromatic heterocycles. The van der Waals surface area contributed by atoms with E-state index in [1.165, 1.54) is 30.6 Å². The van der Waals surface area contributed by atoms with Gasteiger partial charge < -0.3 is 0 Å². The zero-order chi connectivity index (χ0) is 20.3. The molecule has 0 radical (unpaired) electrons. The second kappa shape index (κ2) is 8.10. The molecule has 3 aromatic rings. The van der Waals surface area contributed by atoms with E-state index in [-0.39, 0.29) is 14.9 Å². The molecule has 0 aliphatic rings. The predicted octanol–water partition coefficient (Wildman–Crippen LogP) is 4.26. The summed E-state index contributed by atoms with van der Waals surface area (Å²) >= 11 is 11.7. The van der Waals surface area contributed by atoms with Crippen molar-refractivity contribution in [3.8, 4) is 11.8 Å². The maximum absolute atomic E-state index is 14.7. The smallest absolute Gasteiger partial charge is 0.263 e. The average Bonchev–Trinajstić information content (AvgIpc) is 2.66. The molecular formula is C18H9Cl2F2N3O2S. The van der Waals surface area contributed by atoms with Crippen molar-refractivity contribution in [2.75, 3.05) is 4.72 Å². The molecule has 0 unspecified atom stereocenters. The average molecular weight is 440 g/mol. The van der Waals surface area contributed by atoms with Gasteiger partial charge in [-0.05, 0) is 36.4 Å². The number of rotatable bonds is 3. The van der Waals surface area contributed by atoms with Crippen LogP contribution in [0.3, 0.4) is 0 Å². The van der Waals surface area contributed by atoms with E-state index < -0.39 is 32.9 Å². The summed E-state index contributed by atoms with van der Waals surface area (Å²) in [6, 6.07) is 7.16. The highest BCUT2D eigenvalue weighted by molar-refractivity contribution is 7.92. The van der Waals surface area contributed by atoms with Crippen LogP contribution in [0.2, 0.25) is 10.0 Å². The number of hydrogen-bond donors (Lipinski definition) is 1. The summed E-state index contributed by atoms with van der Waals surface area (Å²) in [7, 11) is -4.28. The topological polar surface area (TPSA) is 72.0 Å². The third-order valence-corrected chi connectivity index (χ3v) is 5.52. The normalized spacial score (nSPS) is 10.9. The van der Waals surface area contributed by atoms with E-state index in [0.717, 1.165) is 18.2 Å². The summed E-state index contributed by atoms with van der Waals surface area (Å²) < 4.78 is 55.8. The Morgan fingerprint density at radius 2 is 1.79 bits per heavy atom. The van der Waals surface area contributed by atoms with Gasteiger partial charge in [0.2, 0.25) is 0 Å². The fraction of sp³-hybridized carbons (Fsp3) is 0. The lowest BCUT2D eigenvalue weighted by atomic mass is 10.1. The van der Waals surface area contributed by atoms with E-state index in [1.54, 1.807) is 0 Å². The van der Waals surface area contributed by atoms with Crippen molar-refractivity contribution in [3.63, 3.8) is 0 Å². The zero-order valence-corrected chi connectivity index (χ0v) is 16.1. The fourth-order valence-corrected chi connectivity index (χ4v) is 3.95. The lowest BCUT2D eigenvalue weighted by Crippen LogP contribution is -2.15. The number of halogens is 4. The molecule has 0 fully saturated rings. The van der Waals surface area contributed by atoms with Crippen LogP contribution in [-0.4, -0.2) is 18.6 Å². The van der Waals surface area contributed by atoms with Crippen molar-refractivity contribution < 1.29 is 17.2 Å². The van der Waals surface area contributed by atoms with Crippen molar-refractivity contribution in [2.24, 2.45) is 0 Å². The van der Waals surface area contributed by atoms with E-state index in [0.29, 0.717) is 5.56 Å². The van der Waals surface area contributed by atoms with Crippen LogP contribution in [0.1, 0.15) is 11.1 Å². The molecule has 10 heteroatoms. The second-order valence-corrected chi connectivity index (χ2v) is 7.84. The number of nitrogens with zero attached hydrogens (tertiary/aromatic N) is 2. The Hall–Kier alpha value is -2.73. The van der Waals surface area contributed by atoms with Crippen molar-refractivity contribution in [2.45, 2.75) is 4.90 Å². The monoisotopic (exact) mass is 439 g/mol. The molecule has 28 heavy (non-hydrogen) atoms. The first-order chi connectivity index (χ1) is 13.3. The molecule has 2 aromatic carbocycles. The first kappa shape index (κ1) is 20.0. The van der Waals surface area contributed by atoms with Crippen molar-refractivity contribution in [1.82, 2.24) is 10.2 Å². The highest BCUT2D eigenvalue weighted by Gasteiger charge is 2.22. The minimum Gasteiger partial charge on any atom is -0.277 e. The highest BCUT2D eigenvalue weighted by Crippen LogP contribution is 2.28. The molecule has 0 aliphatic carbocycles. The molecule has 0 atom stereocenters. The third-order valence-electron chi connectivity index (χ3n) is 3.43. The summed E-state index contributed by atoms with van der Waals surface area (Å²) in [5.41, 5.74) is -0.714. The number of nitrogens with one attached hydrogen (secondary N) is 1. The van der Waals surface area contributed by atoms with E-state index in [9.17, 15) is 17.2 Å². The summed E-state index contributed by atoms with van der Waals surface area (Å²) in [6.07, 6.45) is 2.69. The highest BCUT2D eigenvalue weighted by atomic mass is 35.5. The minimum absolute atomic E-state index is 0.107. The number of anilines is 1. The van der Waals surface area contributed by atoms with Gasteiger partial charge in [0, 0.05) is 10.6 Å². The molecule has 0 saturated heterocycles. The Morgan fingerprint density at radius 1 is 1.00 bits per heavy atom. The first-order valence-electron chi connectivity index (χ1n) is 7.52. The molecule has 0 saturated carbocycles. The van der Waals surface area contributed by atoms with E-state index in [1.807, 2.05) is 4.72 Å². The summed E-state index contributed by atoms with van der Waals surface area (Å²) in [6.45, 7) is 0. The van der Waals surface area contributed by atoms with Gasteiger partial charge in [-0.1, -0.05) is 35.0 Å². The molecular weight excluding hydrogens is 431 g/mol. The van der Waals surface area contributed by atoms with Gasteiger partial charge in [-0.15, -0.1) is 0 Å². The first-order valence-corrected chi connectivity index (χ1v) is 9.76. The zero-order valence-electron chi connectivity index (χ0n) is 13.7. The molecule has 0 bridgehead atoms.